The first-order valence-corrected chi connectivity index (χ1v) is 8.59. The molecule has 0 aliphatic carbocycles. The monoisotopic (exact) mass is 394 g/mol. The van der Waals surface area contributed by atoms with E-state index in [1.54, 1.807) is 0 Å². The third-order valence-corrected chi connectivity index (χ3v) is 3.84. The lowest BCUT2D eigenvalue weighted by atomic mass is 9.98. The fourth-order valence-corrected chi connectivity index (χ4v) is 2.80. The summed E-state index contributed by atoms with van der Waals surface area (Å²) in [7, 11) is 0. The molecule has 28 heavy (non-hydrogen) atoms. The summed E-state index contributed by atoms with van der Waals surface area (Å²) in [4.78, 5) is 46.1. The summed E-state index contributed by atoms with van der Waals surface area (Å²) in [6.45, 7) is 3.53. The van der Waals surface area contributed by atoms with Gasteiger partial charge >= 0.3 is 17.9 Å². The Balaban J connectivity index is 2.34. The summed E-state index contributed by atoms with van der Waals surface area (Å²) >= 11 is 0. The van der Waals surface area contributed by atoms with Gasteiger partial charge in [0.2, 0.25) is 6.29 Å². The van der Waals surface area contributed by atoms with E-state index in [0.717, 1.165) is 26.3 Å². The van der Waals surface area contributed by atoms with Gasteiger partial charge in [0, 0.05) is 20.8 Å². The van der Waals surface area contributed by atoms with Crippen molar-refractivity contribution in [3.05, 3.63) is 35.9 Å². The molecule has 0 bridgehead atoms. The first-order chi connectivity index (χ1) is 13.3. The average Bonchev–Trinajstić information content (AvgIpc) is 2.62. The maximum absolute atomic E-state index is 11.6. The highest BCUT2D eigenvalue weighted by atomic mass is 16.7. The van der Waals surface area contributed by atoms with Crippen molar-refractivity contribution < 1.29 is 42.9 Å². The number of carbonyl (C=O) groups excluding carboxylic acids is 4. The molecule has 1 aliphatic rings. The summed E-state index contributed by atoms with van der Waals surface area (Å²) in [5.41, 5.74) is 0.795. The van der Waals surface area contributed by atoms with Crippen molar-refractivity contribution in [2.75, 3.05) is 0 Å². The first kappa shape index (κ1) is 21.5. The standard InChI is InChI=1S/C19H22O9/c1-11(21)25-16-15(9-20)28-19(27-13(3)23)18(26-12(2)22)17(16)24-10-14-7-5-4-6-8-14/h4-9,15-19H,10H2,1-3H3/t15-,16+,17-,18+,19?/m0/s1. The van der Waals surface area contributed by atoms with Crippen molar-refractivity contribution in [2.24, 2.45) is 0 Å². The van der Waals surface area contributed by atoms with Crippen LogP contribution < -0.4 is 0 Å². The van der Waals surface area contributed by atoms with E-state index in [0.29, 0.717) is 6.29 Å². The molecule has 2 rings (SSSR count). The van der Waals surface area contributed by atoms with Crippen LogP contribution in [-0.2, 0) is 49.5 Å². The molecule has 0 saturated carbocycles. The van der Waals surface area contributed by atoms with Gasteiger partial charge in [-0.1, -0.05) is 30.3 Å². The summed E-state index contributed by atoms with van der Waals surface area (Å²) in [6.07, 6.45) is -5.82. The van der Waals surface area contributed by atoms with Crippen LogP contribution in [-0.4, -0.2) is 54.9 Å². The van der Waals surface area contributed by atoms with E-state index in [1.165, 1.54) is 0 Å². The van der Waals surface area contributed by atoms with Crippen LogP contribution in [0.4, 0.5) is 0 Å². The molecular formula is C19H22O9. The van der Waals surface area contributed by atoms with Crippen molar-refractivity contribution in [3.8, 4) is 0 Å². The largest absolute Gasteiger partial charge is 0.456 e. The Bertz CT molecular complexity index is 703. The SMILES string of the molecule is CC(=O)OC1O[C@@H](C=O)[C@@H](OC(C)=O)[C@H](OCc2ccccc2)[C@H]1OC(C)=O. The second-order valence-corrected chi connectivity index (χ2v) is 6.12. The number of esters is 3. The zero-order valence-electron chi connectivity index (χ0n) is 15.7. The van der Waals surface area contributed by atoms with Crippen LogP contribution in [0.3, 0.4) is 0 Å². The number of hydrogen-bond acceptors (Lipinski definition) is 9. The second kappa shape index (κ2) is 9.95. The predicted molar refractivity (Wildman–Crippen MR) is 92.6 cm³/mol. The van der Waals surface area contributed by atoms with Crippen molar-refractivity contribution >= 4 is 24.2 Å². The van der Waals surface area contributed by atoms with Crippen molar-refractivity contribution in [2.45, 2.75) is 58.1 Å². The predicted octanol–water partition coefficient (Wildman–Crippen LogP) is 0.922. The zero-order chi connectivity index (χ0) is 20.7. The fourth-order valence-electron chi connectivity index (χ4n) is 2.80. The molecule has 9 nitrogen and oxygen atoms in total. The quantitative estimate of drug-likeness (QED) is 0.378. The van der Waals surface area contributed by atoms with Crippen LogP contribution in [0.2, 0.25) is 0 Å². The van der Waals surface area contributed by atoms with Crippen LogP contribution in [0.5, 0.6) is 0 Å². The molecule has 1 saturated heterocycles. The van der Waals surface area contributed by atoms with Crippen molar-refractivity contribution in [1.29, 1.82) is 0 Å². The lowest BCUT2D eigenvalue weighted by molar-refractivity contribution is -0.293. The summed E-state index contributed by atoms with van der Waals surface area (Å²) < 4.78 is 26.8. The molecule has 9 heteroatoms. The van der Waals surface area contributed by atoms with E-state index in [9.17, 15) is 19.2 Å². The molecule has 1 heterocycles. The maximum Gasteiger partial charge on any atom is 0.305 e. The molecule has 0 spiro atoms. The molecule has 0 radical (unpaired) electrons. The molecule has 1 aromatic rings. The van der Waals surface area contributed by atoms with Gasteiger partial charge in [-0.05, 0) is 5.56 Å². The van der Waals surface area contributed by atoms with E-state index < -0.39 is 48.6 Å². The minimum Gasteiger partial charge on any atom is -0.456 e. The highest BCUT2D eigenvalue weighted by molar-refractivity contribution is 5.69. The van der Waals surface area contributed by atoms with E-state index in [4.69, 9.17) is 23.7 Å². The topological polar surface area (TPSA) is 114 Å². The molecule has 152 valence electrons. The Hall–Kier alpha value is -2.78. The number of benzene rings is 1. The van der Waals surface area contributed by atoms with Crippen molar-refractivity contribution in [3.63, 3.8) is 0 Å². The Kier molecular flexibility index (Phi) is 7.65. The van der Waals surface area contributed by atoms with Gasteiger partial charge in [0.15, 0.2) is 24.6 Å². The molecule has 5 atom stereocenters. The first-order valence-electron chi connectivity index (χ1n) is 8.59. The molecule has 1 unspecified atom stereocenters. The highest BCUT2D eigenvalue weighted by Gasteiger charge is 2.52. The maximum atomic E-state index is 11.6. The molecule has 1 aliphatic heterocycles. The van der Waals surface area contributed by atoms with E-state index >= 15 is 0 Å². The highest BCUT2D eigenvalue weighted by Crippen LogP contribution is 2.29. The summed E-state index contributed by atoms with van der Waals surface area (Å²) in [6, 6.07) is 9.07. The Labute approximate surface area is 161 Å². The van der Waals surface area contributed by atoms with Gasteiger partial charge in [0.05, 0.1) is 6.61 Å². The van der Waals surface area contributed by atoms with Gasteiger partial charge < -0.3 is 28.5 Å². The van der Waals surface area contributed by atoms with E-state index in [-0.39, 0.29) is 6.61 Å². The molecule has 1 fully saturated rings. The third kappa shape index (κ3) is 5.86. The summed E-state index contributed by atoms with van der Waals surface area (Å²) in [5.74, 6) is -2.08. The van der Waals surface area contributed by atoms with Gasteiger partial charge in [-0.2, -0.15) is 0 Å². The lowest BCUT2D eigenvalue weighted by Gasteiger charge is -2.42. The number of rotatable bonds is 7. The normalized spacial score (nSPS) is 26.8. The van der Waals surface area contributed by atoms with Gasteiger partial charge in [0.25, 0.3) is 0 Å². The van der Waals surface area contributed by atoms with Crippen LogP contribution >= 0.6 is 0 Å². The Morgan fingerprint density at radius 3 is 2.00 bits per heavy atom. The minimum atomic E-state index is -1.40. The van der Waals surface area contributed by atoms with Crippen LogP contribution in [0, 0.1) is 0 Å². The van der Waals surface area contributed by atoms with E-state index in [2.05, 4.69) is 0 Å². The Morgan fingerprint density at radius 2 is 1.46 bits per heavy atom. The number of carbonyl (C=O) groups is 4. The number of ether oxygens (including phenoxy) is 5. The molecular weight excluding hydrogens is 372 g/mol. The second-order valence-electron chi connectivity index (χ2n) is 6.12. The fraction of sp³-hybridized carbons (Fsp3) is 0.474. The van der Waals surface area contributed by atoms with Crippen molar-refractivity contribution in [1.82, 2.24) is 0 Å². The molecule has 0 amide bonds. The van der Waals surface area contributed by atoms with Crippen LogP contribution in [0.15, 0.2) is 30.3 Å². The van der Waals surface area contributed by atoms with Gasteiger partial charge in [-0.25, -0.2) is 0 Å². The third-order valence-electron chi connectivity index (χ3n) is 3.84. The lowest BCUT2D eigenvalue weighted by Crippen LogP contribution is -2.62. The molecule has 1 aromatic carbocycles. The smallest absolute Gasteiger partial charge is 0.305 e. The van der Waals surface area contributed by atoms with Gasteiger partial charge in [-0.3, -0.25) is 14.4 Å². The molecule has 0 aromatic heterocycles. The average molecular weight is 394 g/mol. The number of aldehydes is 1. The van der Waals surface area contributed by atoms with Crippen LogP contribution in [0.1, 0.15) is 26.3 Å². The van der Waals surface area contributed by atoms with E-state index in [1.807, 2.05) is 30.3 Å². The Morgan fingerprint density at radius 1 is 0.893 bits per heavy atom. The van der Waals surface area contributed by atoms with Gasteiger partial charge in [-0.15, -0.1) is 0 Å². The molecule has 0 N–H and O–H groups in total. The zero-order valence-corrected chi connectivity index (χ0v) is 15.7. The van der Waals surface area contributed by atoms with Gasteiger partial charge in [0.1, 0.15) is 6.10 Å². The number of hydrogen-bond donors (Lipinski definition) is 0. The minimum absolute atomic E-state index is 0.0689. The van der Waals surface area contributed by atoms with Crippen LogP contribution in [0.25, 0.3) is 0 Å². The summed E-state index contributed by atoms with van der Waals surface area (Å²) in [5, 5.41) is 0.